The van der Waals surface area contributed by atoms with E-state index in [2.05, 4.69) is 18.2 Å². The van der Waals surface area contributed by atoms with Crippen molar-refractivity contribution in [3.05, 3.63) is 35.4 Å². The number of benzene rings is 1. The van der Waals surface area contributed by atoms with Crippen LogP contribution in [0.15, 0.2) is 24.3 Å². The van der Waals surface area contributed by atoms with E-state index < -0.39 is 11.5 Å². The molecule has 0 bridgehead atoms. The molecule has 3 nitrogen and oxygen atoms in total. The smallest absolute Gasteiger partial charge is 0.111 e. The molecule has 2 aliphatic rings. The summed E-state index contributed by atoms with van der Waals surface area (Å²) >= 11 is 0. The molecule has 100 valence electrons. The number of nitriles is 1. The molecule has 1 heterocycles. The van der Waals surface area contributed by atoms with Gasteiger partial charge in [-0.3, -0.25) is 0 Å². The highest BCUT2D eigenvalue weighted by Crippen LogP contribution is 2.44. The van der Waals surface area contributed by atoms with E-state index in [4.69, 9.17) is 4.74 Å². The van der Waals surface area contributed by atoms with E-state index in [-0.39, 0.29) is 0 Å². The predicted molar refractivity (Wildman–Crippen MR) is 71.5 cm³/mol. The van der Waals surface area contributed by atoms with Crippen molar-refractivity contribution in [2.24, 2.45) is 5.41 Å². The number of hydrogen-bond donors (Lipinski definition) is 1. The van der Waals surface area contributed by atoms with Gasteiger partial charge in [0.15, 0.2) is 0 Å². The molecule has 1 saturated carbocycles. The number of hydrogen-bond acceptors (Lipinski definition) is 3. The van der Waals surface area contributed by atoms with Crippen LogP contribution in [-0.2, 0) is 4.74 Å². The van der Waals surface area contributed by atoms with E-state index in [9.17, 15) is 10.4 Å². The summed E-state index contributed by atoms with van der Waals surface area (Å²) in [7, 11) is 0. The second kappa shape index (κ2) is 4.96. The van der Waals surface area contributed by atoms with Gasteiger partial charge in [0.1, 0.15) is 5.41 Å². The van der Waals surface area contributed by atoms with Crippen molar-refractivity contribution in [3.63, 3.8) is 0 Å². The summed E-state index contributed by atoms with van der Waals surface area (Å²) in [6.45, 7) is 1.02. The molecule has 3 heteroatoms. The molecular weight excluding hydrogens is 238 g/mol. The average Bonchev–Trinajstić information content (AvgIpc) is 3.32. The molecule has 1 N–H and O–H groups in total. The fraction of sp³-hybridized carbons (Fsp3) is 0.562. The summed E-state index contributed by atoms with van der Waals surface area (Å²) in [6.07, 6.45) is 3.28. The zero-order valence-corrected chi connectivity index (χ0v) is 11.0. The maximum Gasteiger partial charge on any atom is 0.111 e. The van der Waals surface area contributed by atoms with Crippen LogP contribution in [0.1, 0.15) is 48.8 Å². The van der Waals surface area contributed by atoms with Gasteiger partial charge in [-0.1, -0.05) is 24.3 Å². The summed E-state index contributed by atoms with van der Waals surface area (Å²) in [5.74, 6) is 0.660. The lowest BCUT2D eigenvalue weighted by Crippen LogP contribution is -2.36. The van der Waals surface area contributed by atoms with Crippen molar-refractivity contribution in [1.29, 1.82) is 5.26 Å². The maximum atomic E-state index is 10.6. The van der Waals surface area contributed by atoms with Gasteiger partial charge in [0, 0.05) is 6.61 Å². The first-order valence-corrected chi connectivity index (χ1v) is 7.02. The molecule has 1 aliphatic heterocycles. The minimum atomic E-state index is -0.777. The first kappa shape index (κ1) is 12.7. The van der Waals surface area contributed by atoms with Gasteiger partial charge in [-0.15, -0.1) is 0 Å². The fourth-order valence-electron chi connectivity index (χ4n) is 2.90. The number of rotatable bonds is 3. The molecule has 1 aliphatic carbocycles. The highest BCUT2D eigenvalue weighted by atomic mass is 16.5. The van der Waals surface area contributed by atoms with Crippen LogP contribution in [0.5, 0.6) is 0 Å². The van der Waals surface area contributed by atoms with Gasteiger partial charge >= 0.3 is 0 Å². The summed E-state index contributed by atoms with van der Waals surface area (Å²) in [5.41, 5.74) is 1.37. The molecule has 2 atom stereocenters. The van der Waals surface area contributed by atoms with Crippen LogP contribution in [0.4, 0.5) is 0 Å². The fourth-order valence-corrected chi connectivity index (χ4v) is 2.90. The van der Waals surface area contributed by atoms with Gasteiger partial charge in [0.2, 0.25) is 0 Å². The topological polar surface area (TPSA) is 53.2 Å². The third-order valence-corrected chi connectivity index (χ3v) is 4.29. The van der Waals surface area contributed by atoms with Crippen molar-refractivity contribution < 1.29 is 9.84 Å². The average molecular weight is 257 g/mol. The normalized spacial score (nSPS) is 28.6. The SMILES string of the molecule is N#CC1(C(O)c2cccc(C3CC3)c2)CCCOC1. The third-order valence-electron chi connectivity index (χ3n) is 4.29. The number of aliphatic hydroxyl groups is 1. The third kappa shape index (κ3) is 2.39. The van der Waals surface area contributed by atoms with Crippen molar-refractivity contribution >= 4 is 0 Å². The lowest BCUT2D eigenvalue weighted by molar-refractivity contribution is -0.0506. The Labute approximate surface area is 113 Å². The Balaban J connectivity index is 1.87. The van der Waals surface area contributed by atoms with Crippen LogP contribution >= 0.6 is 0 Å². The van der Waals surface area contributed by atoms with Gasteiger partial charge < -0.3 is 9.84 Å². The van der Waals surface area contributed by atoms with Crippen LogP contribution in [0.2, 0.25) is 0 Å². The molecular formula is C16H19NO2. The Morgan fingerprint density at radius 3 is 2.89 bits per heavy atom. The molecule has 3 rings (SSSR count). The predicted octanol–water partition coefficient (Wildman–Crippen LogP) is 2.92. The molecule has 1 saturated heterocycles. The highest BCUT2D eigenvalue weighted by Gasteiger charge is 2.41. The van der Waals surface area contributed by atoms with Gasteiger partial charge in [0.05, 0.1) is 18.8 Å². The standard InChI is InChI=1S/C16H19NO2/c17-10-16(7-2-8-19-11-16)15(18)14-4-1-3-13(9-14)12-5-6-12/h1,3-4,9,12,15,18H,2,5-8,11H2. The van der Waals surface area contributed by atoms with Crippen molar-refractivity contribution in [1.82, 2.24) is 0 Å². The Morgan fingerprint density at radius 1 is 1.42 bits per heavy atom. The summed E-state index contributed by atoms with van der Waals surface area (Å²) < 4.78 is 5.43. The number of ether oxygens (including phenoxy) is 1. The highest BCUT2D eigenvalue weighted by molar-refractivity contribution is 5.32. The Bertz CT molecular complexity index is 496. The molecule has 19 heavy (non-hydrogen) atoms. The molecule has 0 spiro atoms. The van der Waals surface area contributed by atoms with Gasteiger partial charge in [0.25, 0.3) is 0 Å². The molecule has 1 aromatic carbocycles. The first-order chi connectivity index (χ1) is 9.25. The van der Waals surface area contributed by atoms with Crippen molar-refractivity contribution in [2.75, 3.05) is 13.2 Å². The zero-order chi connectivity index (χ0) is 13.3. The quantitative estimate of drug-likeness (QED) is 0.905. The van der Waals surface area contributed by atoms with Crippen LogP contribution in [0, 0.1) is 16.7 Å². The Morgan fingerprint density at radius 2 is 2.26 bits per heavy atom. The van der Waals surface area contributed by atoms with Gasteiger partial charge in [-0.25, -0.2) is 0 Å². The van der Waals surface area contributed by atoms with Crippen LogP contribution in [-0.4, -0.2) is 18.3 Å². The van der Waals surface area contributed by atoms with Crippen molar-refractivity contribution in [2.45, 2.75) is 37.7 Å². The molecule has 0 amide bonds. The first-order valence-electron chi connectivity index (χ1n) is 7.02. The Hall–Kier alpha value is -1.37. The summed E-state index contributed by atoms with van der Waals surface area (Å²) in [6, 6.07) is 10.4. The van der Waals surface area contributed by atoms with E-state index >= 15 is 0 Å². The minimum Gasteiger partial charge on any atom is -0.387 e. The van der Waals surface area contributed by atoms with Crippen LogP contribution < -0.4 is 0 Å². The molecule has 0 aromatic heterocycles. The number of nitrogens with zero attached hydrogens (tertiary/aromatic N) is 1. The summed E-state index contributed by atoms with van der Waals surface area (Å²) in [4.78, 5) is 0. The Kier molecular flexibility index (Phi) is 3.30. The van der Waals surface area contributed by atoms with E-state index in [1.165, 1.54) is 18.4 Å². The number of aliphatic hydroxyl groups excluding tert-OH is 1. The van der Waals surface area contributed by atoms with Crippen LogP contribution in [0.3, 0.4) is 0 Å². The molecule has 2 unspecified atom stereocenters. The van der Waals surface area contributed by atoms with E-state index in [0.717, 1.165) is 12.0 Å². The zero-order valence-electron chi connectivity index (χ0n) is 11.0. The van der Waals surface area contributed by atoms with Gasteiger partial charge in [-0.05, 0) is 42.7 Å². The molecule has 2 fully saturated rings. The lowest BCUT2D eigenvalue weighted by atomic mass is 9.76. The van der Waals surface area contributed by atoms with E-state index in [1.54, 1.807) is 0 Å². The molecule has 0 radical (unpaired) electrons. The second-order valence-corrected chi connectivity index (χ2v) is 5.77. The van der Waals surface area contributed by atoms with E-state index in [0.29, 0.717) is 25.6 Å². The maximum absolute atomic E-state index is 10.6. The lowest BCUT2D eigenvalue weighted by Gasteiger charge is -2.35. The van der Waals surface area contributed by atoms with Crippen molar-refractivity contribution in [3.8, 4) is 6.07 Å². The second-order valence-electron chi connectivity index (χ2n) is 5.77. The molecule has 1 aromatic rings. The van der Waals surface area contributed by atoms with Crippen LogP contribution in [0.25, 0.3) is 0 Å². The summed E-state index contributed by atoms with van der Waals surface area (Å²) in [5, 5.41) is 20.1. The monoisotopic (exact) mass is 257 g/mol. The largest absolute Gasteiger partial charge is 0.387 e. The minimum absolute atomic E-state index is 0.332. The van der Waals surface area contributed by atoms with E-state index in [1.807, 2.05) is 12.1 Å². The van der Waals surface area contributed by atoms with Gasteiger partial charge in [-0.2, -0.15) is 5.26 Å².